The Hall–Kier alpha value is -2.42. The molecule has 4 atom stereocenters. The molecule has 1 aromatic carbocycles. The molecule has 1 aliphatic heterocycles. The minimum absolute atomic E-state index is 0.188. The van der Waals surface area contributed by atoms with E-state index in [9.17, 15) is 19.8 Å². The number of rotatable bonds is 6. The number of amides is 2. The molecule has 8 heteroatoms. The molecule has 1 heterocycles. The van der Waals surface area contributed by atoms with E-state index in [1.807, 2.05) is 0 Å². The maximum absolute atomic E-state index is 11.4. The van der Waals surface area contributed by atoms with Crippen LogP contribution in [0.3, 0.4) is 0 Å². The van der Waals surface area contributed by atoms with Gasteiger partial charge in [-0.3, -0.25) is 9.59 Å². The molecule has 2 rings (SSSR count). The Balaban J connectivity index is 2.09. The lowest BCUT2D eigenvalue weighted by Gasteiger charge is -2.39. The van der Waals surface area contributed by atoms with Gasteiger partial charge >= 0.3 is 0 Å². The van der Waals surface area contributed by atoms with E-state index >= 15 is 0 Å². The van der Waals surface area contributed by atoms with Gasteiger partial charge in [-0.25, -0.2) is 0 Å². The molecule has 0 saturated carbocycles. The zero-order valence-electron chi connectivity index (χ0n) is 13.8. The Bertz CT molecular complexity index is 618. The van der Waals surface area contributed by atoms with Crippen LogP contribution >= 0.6 is 0 Å². The molecular weight excluding hydrogens is 328 g/mol. The minimum atomic E-state index is -0.960. The lowest BCUT2D eigenvalue weighted by atomic mass is 10.00. The molecule has 0 bridgehead atoms. The summed E-state index contributed by atoms with van der Waals surface area (Å²) in [4.78, 5) is 22.6. The van der Waals surface area contributed by atoms with Crippen LogP contribution in [0.4, 0.5) is 5.69 Å². The average molecular weight is 350 g/mol. The summed E-state index contributed by atoms with van der Waals surface area (Å²) in [6.07, 6.45) is -1.11. The van der Waals surface area contributed by atoms with Gasteiger partial charge in [0.2, 0.25) is 18.1 Å². The van der Waals surface area contributed by atoms with Crippen LogP contribution < -0.4 is 15.4 Å². The molecule has 0 radical (unpaired) electrons. The van der Waals surface area contributed by atoms with Crippen LogP contribution in [-0.4, -0.2) is 53.2 Å². The lowest BCUT2D eigenvalue weighted by Crippen LogP contribution is -2.59. The quantitative estimate of drug-likeness (QED) is 0.543. The van der Waals surface area contributed by atoms with Gasteiger partial charge in [-0.15, -0.1) is 0 Å². The highest BCUT2D eigenvalue weighted by Crippen LogP contribution is 2.25. The zero-order valence-corrected chi connectivity index (χ0v) is 13.8. The lowest BCUT2D eigenvalue weighted by molar-refractivity contribution is -0.202. The Labute approximate surface area is 145 Å². The normalized spacial score (nSPS) is 25.7. The highest BCUT2D eigenvalue weighted by atomic mass is 16.7. The zero-order chi connectivity index (χ0) is 18.4. The van der Waals surface area contributed by atoms with E-state index in [2.05, 4.69) is 17.2 Å². The molecule has 25 heavy (non-hydrogen) atoms. The van der Waals surface area contributed by atoms with Gasteiger partial charge in [-0.1, -0.05) is 6.58 Å². The molecule has 0 aliphatic carbocycles. The number of hydrogen-bond donors (Lipinski definition) is 4. The van der Waals surface area contributed by atoms with E-state index in [1.54, 1.807) is 24.3 Å². The van der Waals surface area contributed by atoms with Gasteiger partial charge in [0.05, 0.1) is 18.8 Å². The van der Waals surface area contributed by atoms with Crippen LogP contribution in [0.1, 0.15) is 13.3 Å². The van der Waals surface area contributed by atoms with Gasteiger partial charge in [-0.2, -0.15) is 0 Å². The first kappa shape index (κ1) is 18.9. The van der Waals surface area contributed by atoms with E-state index < -0.39 is 24.5 Å². The summed E-state index contributed by atoms with van der Waals surface area (Å²) >= 11 is 0. The second kappa shape index (κ2) is 8.61. The van der Waals surface area contributed by atoms with E-state index in [0.717, 1.165) is 6.08 Å². The summed E-state index contributed by atoms with van der Waals surface area (Å²) in [6.45, 7) is 4.44. The number of ether oxygens (including phenoxy) is 2. The fraction of sp³-hybridized carbons (Fsp3) is 0.412. The third-order valence-electron chi connectivity index (χ3n) is 3.67. The fourth-order valence-electron chi connectivity index (χ4n) is 2.49. The first-order chi connectivity index (χ1) is 11.9. The molecule has 1 saturated heterocycles. The van der Waals surface area contributed by atoms with Crippen molar-refractivity contribution in [2.75, 3.05) is 11.9 Å². The largest absolute Gasteiger partial charge is 0.463 e. The number of hydrogen-bond acceptors (Lipinski definition) is 6. The third kappa shape index (κ3) is 5.28. The summed E-state index contributed by atoms with van der Waals surface area (Å²) in [6, 6.07) is 5.73. The van der Waals surface area contributed by atoms with Gasteiger partial charge in [0.1, 0.15) is 11.8 Å². The number of carbonyl (C=O) groups excluding carboxylic acids is 2. The second-order valence-corrected chi connectivity index (χ2v) is 5.67. The first-order valence-electron chi connectivity index (χ1n) is 7.84. The smallest absolute Gasteiger partial charge is 0.247 e. The van der Waals surface area contributed by atoms with Crippen LogP contribution in [-0.2, 0) is 14.3 Å². The van der Waals surface area contributed by atoms with E-state index in [1.165, 1.54) is 6.92 Å². The highest BCUT2D eigenvalue weighted by Gasteiger charge is 2.39. The van der Waals surface area contributed by atoms with E-state index in [0.29, 0.717) is 11.4 Å². The Kier molecular flexibility index (Phi) is 6.51. The molecule has 2 amide bonds. The van der Waals surface area contributed by atoms with Crippen LogP contribution in [0.25, 0.3) is 0 Å². The number of nitrogens with one attached hydrogen (secondary N) is 2. The fourth-order valence-corrected chi connectivity index (χ4v) is 2.49. The summed E-state index contributed by atoms with van der Waals surface area (Å²) in [5, 5.41) is 24.7. The van der Waals surface area contributed by atoms with Crippen molar-refractivity contribution in [3.05, 3.63) is 36.9 Å². The summed E-state index contributed by atoms with van der Waals surface area (Å²) in [7, 11) is 0. The Morgan fingerprint density at radius 2 is 2.08 bits per heavy atom. The predicted octanol–water partition coefficient (Wildman–Crippen LogP) is 0.163. The summed E-state index contributed by atoms with van der Waals surface area (Å²) in [5.74, 6) is -0.238. The van der Waals surface area contributed by atoms with Gasteiger partial charge in [0.15, 0.2) is 0 Å². The minimum Gasteiger partial charge on any atom is -0.463 e. The van der Waals surface area contributed by atoms with Crippen molar-refractivity contribution in [3.8, 4) is 5.75 Å². The average Bonchev–Trinajstić information content (AvgIpc) is 2.58. The van der Waals surface area contributed by atoms with E-state index in [4.69, 9.17) is 9.47 Å². The van der Waals surface area contributed by atoms with Crippen molar-refractivity contribution in [1.29, 1.82) is 0 Å². The predicted molar refractivity (Wildman–Crippen MR) is 89.9 cm³/mol. The van der Waals surface area contributed by atoms with Crippen molar-refractivity contribution in [2.24, 2.45) is 0 Å². The van der Waals surface area contributed by atoms with Gasteiger partial charge in [0, 0.05) is 19.0 Å². The molecule has 1 aliphatic rings. The standard InChI is InChI=1S/C17H22N2O6/c1-3-15(23)19-11-4-6-12(7-5-11)24-17-16(18-10(2)21)14(22)8-13(9-20)25-17/h3-7,13-14,16-17,20,22H,1,8-9H2,2H3,(H,18,21)(H,19,23)/t13?,14-,16?,17+/m0/s1. The maximum atomic E-state index is 11.4. The molecule has 0 aromatic heterocycles. The highest BCUT2D eigenvalue weighted by molar-refractivity contribution is 5.98. The van der Waals surface area contributed by atoms with Crippen molar-refractivity contribution >= 4 is 17.5 Å². The van der Waals surface area contributed by atoms with Crippen LogP contribution in [0, 0.1) is 0 Å². The molecule has 1 aromatic rings. The number of carbonyl (C=O) groups is 2. The van der Waals surface area contributed by atoms with Crippen LogP contribution in [0.15, 0.2) is 36.9 Å². The molecule has 1 fully saturated rings. The Morgan fingerprint density at radius 1 is 1.40 bits per heavy atom. The molecule has 8 nitrogen and oxygen atoms in total. The van der Waals surface area contributed by atoms with Crippen molar-refractivity contribution in [1.82, 2.24) is 5.32 Å². The molecule has 2 unspecified atom stereocenters. The van der Waals surface area contributed by atoms with Crippen molar-refractivity contribution in [3.63, 3.8) is 0 Å². The molecular formula is C17H22N2O6. The number of anilines is 1. The monoisotopic (exact) mass is 350 g/mol. The maximum Gasteiger partial charge on any atom is 0.247 e. The van der Waals surface area contributed by atoms with Gasteiger partial charge in [-0.05, 0) is 30.3 Å². The molecule has 136 valence electrons. The third-order valence-corrected chi connectivity index (χ3v) is 3.67. The first-order valence-corrected chi connectivity index (χ1v) is 7.84. The van der Waals surface area contributed by atoms with E-state index in [-0.39, 0.29) is 24.8 Å². The van der Waals surface area contributed by atoms with Gasteiger partial charge < -0.3 is 30.3 Å². The summed E-state index contributed by atoms with van der Waals surface area (Å²) in [5.41, 5.74) is 0.563. The van der Waals surface area contributed by atoms with Gasteiger partial charge in [0.25, 0.3) is 0 Å². The van der Waals surface area contributed by atoms with Crippen LogP contribution in [0.2, 0.25) is 0 Å². The summed E-state index contributed by atoms with van der Waals surface area (Å²) < 4.78 is 11.3. The number of aliphatic hydroxyl groups is 2. The van der Waals surface area contributed by atoms with Crippen molar-refractivity contribution in [2.45, 2.75) is 37.9 Å². The van der Waals surface area contributed by atoms with Crippen LogP contribution in [0.5, 0.6) is 5.75 Å². The number of benzene rings is 1. The van der Waals surface area contributed by atoms with Crippen molar-refractivity contribution < 1.29 is 29.3 Å². The Morgan fingerprint density at radius 3 is 2.64 bits per heavy atom. The number of aliphatic hydroxyl groups excluding tert-OH is 2. The topological polar surface area (TPSA) is 117 Å². The second-order valence-electron chi connectivity index (χ2n) is 5.67. The molecule has 4 N–H and O–H groups in total. The molecule has 0 spiro atoms. The SMILES string of the molecule is C=CC(=O)Nc1ccc(O[C@@H]2OC(CO)C[C@H](O)C2NC(C)=O)cc1.